The number of methoxy groups -OCH3 is 3. The third-order valence-corrected chi connectivity index (χ3v) is 3.71. The van der Waals surface area contributed by atoms with E-state index in [0.717, 1.165) is 0 Å². The zero-order valence-electron chi connectivity index (χ0n) is 14.5. The summed E-state index contributed by atoms with van der Waals surface area (Å²) >= 11 is 0. The number of hydrogen-bond donors (Lipinski definition) is 0. The average Bonchev–Trinajstić information content (AvgIpc) is 2.65. The molecule has 1 aliphatic rings. The van der Waals surface area contributed by atoms with Crippen LogP contribution in [0.4, 0.5) is 5.69 Å². The predicted octanol–water partition coefficient (Wildman–Crippen LogP) is 1.29. The van der Waals surface area contributed by atoms with E-state index in [0.29, 0.717) is 17.0 Å². The van der Waals surface area contributed by atoms with Gasteiger partial charge in [0.1, 0.15) is 18.2 Å². The zero-order chi connectivity index (χ0) is 18.6. The maximum atomic E-state index is 12.3. The predicted molar refractivity (Wildman–Crippen MR) is 87.4 cm³/mol. The van der Waals surface area contributed by atoms with Gasteiger partial charge in [0.2, 0.25) is 0 Å². The van der Waals surface area contributed by atoms with Crippen molar-refractivity contribution in [3.63, 3.8) is 0 Å². The van der Waals surface area contributed by atoms with Crippen LogP contribution >= 0.6 is 0 Å². The lowest BCUT2D eigenvalue weighted by molar-refractivity contribution is -0.140. The summed E-state index contributed by atoms with van der Waals surface area (Å²) in [5, 5.41) is 0. The number of carbonyl (C=O) groups excluding carboxylic acids is 3. The van der Waals surface area contributed by atoms with Gasteiger partial charge >= 0.3 is 11.9 Å². The van der Waals surface area contributed by atoms with Crippen LogP contribution < -0.4 is 9.64 Å². The highest BCUT2D eigenvalue weighted by atomic mass is 16.5. The van der Waals surface area contributed by atoms with Gasteiger partial charge in [0.25, 0.3) is 0 Å². The molecule has 0 aromatic heterocycles. The molecule has 0 saturated heterocycles. The number of ether oxygens (including phenoxy) is 4. The van der Waals surface area contributed by atoms with Crippen LogP contribution in [0.2, 0.25) is 0 Å². The van der Waals surface area contributed by atoms with E-state index in [4.69, 9.17) is 18.9 Å². The molecule has 0 amide bonds. The Morgan fingerprint density at radius 2 is 1.76 bits per heavy atom. The van der Waals surface area contributed by atoms with Crippen LogP contribution in [0.25, 0.3) is 0 Å². The first kappa shape index (κ1) is 18.5. The number of Topliss-reactive ketones (excluding diaryl/α,β-unsaturated/α-hetero) is 1. The number of rotatable bonds is 5. The Hall–Kier alpha value is -2.87. The summed E-state index contributed by atoms with van der Waals surface area (Å²) in [6, 6.07) is 4.77. The first-order valence-electron chi connectivity index (χ1n) is 7.38. The van der Waals surface area contributed by atoms with Crippen LogP contribution in [-0.4, -0.2) is 52.4 Å². The van der Waals surface area contributed by atoms with Gasteiger partial charge < -0.3 is 23.8 Å². The van der Waals surface area contributed by atoms with Crippen molar-refractivity contribution < 1.29 is 33.3 Å². The summed E-state index contributed by atoms with van der Waals surface area (Å²) in [5.74, 6) is -1.17. The molecule has 0 unspecified atom stereocenters. The van der Waals surface area contributed by atoms with Gasteiger partial charge in [0, 0.05) is 5.56 Å². The Kier molecular flexibility index (Phi) is 5.76. The second-order valence-corrected chi connectivity index (χ2v) is 5.16. The van der Waals surface area contributed by atoms with E-state index in [-0.39, 0.29) is 30.4 Å². The molecule has 0 N–H and O–H groups in total. The maximum Gasteiger partial charge on any atom is 0.355 e. The van der Waals surface area contributed by atoms with Crippen molar-refractivity contribution in [3.05, 3.63) is 35.0 Å². The molecule has 25 heavy (non-hydrogen) atoms. The highest BCUT2D eigenvalue weighted by molar-refractivity contribution is 6.04. The van der Waals surface area contributed by atoms with Gasteiger partial charge in [0.05, 0.1) is 39.2 Å². The van der Waals surface area contributed by atoms with Crippen molar-refractivity contribution in [2.75, 3.05) is 39.6 Å². The monoisotopic (exact) mass is 349 g/mol. The van der Waals surface area contributed by atoms with E-state index >= 15 is 0 Å². The van der Waals surface area contributed by atoms with Gasteiger partial charge in [-0.05, 0) is 25.1 Å². The molecular weight excluding hydrogens is 330 g/mol. The van der Waals surface area contributed by atoms with Gasteiger partial charge in [-0.15, -0.1) is 0 Å². The molecule has 1 heterocycles. The number of benzene rings is 1. The van der Waals surface area contributed by atoms with E-state index < -0.39 is 11.9 Å². The minimum Gasteiger partial charge on any atom is -0.495 e. The largest absolute Gasteiger partial charge is 0.495 e. The molecule has 8 nitrogen and oxygen atoms in total. The molecule has 0 bridgehead atoms. The molecule has 2 rings (SSSR count). The lowest BCUT2D eigenvalue weighted by Crippen LogP contribution is -2.39. The molecule has 134 valence electrons. The van der Waals surface area contributed by atoms with Gasteiger partial charge in [-0.2, -0.15) is 0 Å². The van der Waals surface area contributed by atoms with E-state index in [2.05, 4.69) is 0 Å². The van der Waals surface area contributed by atoms with Crippen LogP contribution in [-0.2, 0) is 23.8 Å². The molecule has 0 spiro atoms. The molecule has 0 fully saturated rings. The Labute approximate surface area is 144 Å². The summed E-state index contributed by atoms with van der Waals surface area (Å²) in [6.45, 7) is 1.36. The Balaban J connectivity index is 2.61. The van der Waals surface area contributed by atoms with Gasteiger partial charge in [-0.25, -0.2) is 9.59 Å². The quantitative estimate of drug-likeness (QED) is 0.580. The molecule has 1 aromatic rings. The van der Waals surface area contributed by atoms with Crippen molar-refractivity contribution in [1.82, 2.24) is 0 Å². The molecule has 0 aliphatic carbocycles. The van der Waals surface area contributed by atoms with E-state index in [1.807, 2.05) is 0 Å². The fourth-order valence-electron chi connectivity index (χ4n) is 2.45. The third-order valence-electron chi connectivity index (χ3n) is 3.71. The summed E-state index contributed by atoms with van der Waals surface area (Å²) < 4.78 is 20.3. The first-order chi connectivity index (χ1) is 11.9. The van der Waals surface area contributed by atoms with Crippen molar-refractivity contribution in [3.8, 4) is 5.75 Å². The van der Waals surface area contributed by atoms with Crippen molar-refractivity contribution in [2.24, 2.45) is 0 Å². The molecule has 1 aromatic carbocycles. The fraction of sp³-hybridized carbons (Fsp3) is 0.353. The van der Waals surface area contributed by atoms with Crippen molar-refractivity contribution in [1.29, 1.82) is 0 Å². The molecular formula is C17H19NO7. The highest BCUT2D eigenvalue weighted by Crippen LogP contribution is 2.34. The lowest BCUT2D eigenvalue weighted by atomic mass is 10.1. The minimum atomic E-state index is -0.707. The Bertz CT molecular complexity index is 739. The number of anilines is 1. The van der Waals surface area contributed by atoms with Crippen LogP contribution in [0, 0.1) is 0 Å². The smallest absolute Gasteiger partial charge is 0.355 e. The fourth-order valence-corrected chi connectivity index (χ4v) is 2.45. The van der Waals surface area contributed by atoms with Crippen LogP contribution in [0.5, 0.6) is 5.75 Å². The Morgan fingerprint density at radius 1 is 1.08 bits per heavy atom. The average molecular weight is 349 g/mol. The third kappa shape index (κ3) is 3.63. The van der Waals surface area contributed by atoms with Crippen LogP contribution in [0.3, 0.4) is 0 Å². The standard InChI is InChI=1S/C17H19NO7/c1-10(19)11-5-6-13(14(7-11)22-2)18-9-25-8-12(16(20)23-3)15(18)17(21)24-4/h5-7H,8-9H2,1-4H3. The number of carbonyl (C=O) groups is 3. The van der Waals surface area contributed by atoms with Gasteiger partial charge in [-0.3, -0.25) is 4.79 Å². The van der Waals surface area contributed by atoms with E-state index in [1.165, 1.54) is 33.2 Å². The topological polar surface area (TPSA) is 91.4 Å². The number of hydrogen-bond acceptors (Lipinski definition) is 8. The normalized spacial score (nSPS) is 14.2. The van der Waals surface area contributed by atoms with Crippen molar-refractivity contribution in [2.45, 2.75) is 6.92 Å². The second-order valence-electron chi connectivity index (χ2n) is 5.16. The van der Waals surface area contributed by atoms with Crippen LogP contribution in [0.15, 0.2) is 29.5 Å². The summed E-state index contributed by atoms with van der Waals surface area (Å²) in [4.78, 5) is 37.3. The first-order valence-corrected chi connectivity index (χ1v) is 7.38. The summed E-state index contributed by atoms with van der Waals surface area (Å²) in [7, 11) is 3.87. The SMILES string of the molecule is COC(=O)C1=C(C(=O)OC)N(c2ccc(C(C)=O)cc2OC)COC1. The van der Waals surface area contributed by atoms with Gasteiger partial charge in [-0.1, -0.05) is 0 Å². The number of esters is 2. The van der Waals surface area contributed by atoms with Crippen molar-refractivity contribution >= 4 is 23.4 Å². The van der Waals surface area contributed by atoms with Crippen LogP contribution in [0.1, 0.15) is 17.3 Å². The minimum absolute atomic E-state index is 0.000700. The second kappa shape index (κ2) is 7.80. The summed E-state index contributed by atoms with van der Waals surface area (Å²) in [6.07, 6.45) is 0. The lowest BCUT2D eigenvalue weighted by Gasteiger charge is -2.32. The molecule has 0 saturated carbocycles. The summed E-state index contributed by atoms with van der Waals surface area (Å²) in [5.41, 5.74) is 0.956. The maximum absolute atomic E-state index is 12.3. The van der Waals surface area contributed by atoms with E-state index in [1.54, 1.807) is 18.2 Å². The molecule has 1 aliphatic heterocycles. The molecule has 0 radical (unpaired) electrons. The zero-order valence-corrected chi connectivity index (χ0v) is 14.5. The highest BCUT2D eigenvalue weighted by Gasteiger charge is 2.33. The molecule has 8 heteroatoms. The van der Waals surface area contributed by atoms with Gasteiger partial charge in [0.15, 0.2) is 5.78 Å². The molecule has 0 atom stereocenters. The van der Waals surface area contributed by atoms with E-state index in [9.17, 15) is 14.4 Å². The number of ketones is 1. The Morgan fingerprint density at radius 3 is 2.32 bits per heavy atom. The number of nitrogens with zero attached hydrogens (tertiary/aromatic N) is 1.